The fourth-order valence-electron chi connectivity index (χ4n) is 1.64. The molecule has 0 fully saturated rings. The van der Waals surface area contributed by atoms with Crippen LogP contribution in [-0.2, 0) is 16.0 Å². The Bertz CT molecular complexity index is 557. The maximum absolute atomic E-state index is 12.2. The molecule has 23 heavy (non-hydrogen) atoms. The van der Waals surface area contributed by atoms with Crippen molar-refractivity contribution in [1.82, 2.24) is 9.88 Å². The average Bonchev–Trinajstić information content (AvgIpc) is 2.42. The standard InChI is InChI=1S/C15H22N2O5S/c1-10(2)21-13(18)17(14(19)22-15(3,4)20)9-11-7-6-8-16-12(11)23-5/h6-8,10,20H,9H2,1-5H3. The first-order valence-electron chi connectivity index (χ1n) is 7.05. The van der Waals surface area contributed by atoms with Crippen molar-refractivity contribution in [2.45, 2.75) is 51.2 Å². The van der Waals surface area contributed by atoms with Crippen molar-refractivity contribution in [2.75, 3.05) is 6.26 Å². The summed E-state index contributed by atoms with van der Waals surface area (Å²) < 4.78 is 9.93. The van der Waals surface area contributed by atoms with Crippen molar-refractivity contribution in [1.29, 1.82) is 0 Å². The summed E-state index contributed by atoms with van der Waals surface area (Å²) in [4.78, 5) is 29.4. The maximum Gasteiger partial charge on any atom is 0.422 e. The molecule has 0 saturated heterocycles. The molecule has 0 unspecified atom stereocenters. The summed E-state index contributed by atoms with van der Waals surface area (Å²) in [6.07, 6.45) is 1.25. The van der Waals surface area contributed by atoms with Gasteiger partial charge in [-0.05, 0) is 26.2 Å². The van der Waals surface area contributed by atoms with E-state index in [1.807, 2.05) is 6.26 Å². The van der Waals surface area contributed by atoms with Gasteiger partial charge in [-0.15, -0.1) is 11.8 Å². The molecule has 2 amide bonds. The highest BCUT2D eigenvalue weighted by atomic mass is 32.2. The Morgan fingerprint density at radius 2 is 2.04 bits per heavy atom. The number of hydrogen-bond acceptors (Lipinski definition) is 7. The van der Waals surface area contributed by atoms with Gasteiger partial charge < -0.3 is 14.6 Å². The van der Waals surface area contributed by atoms with Gasteiger partial charge >= 0.3 is 12.2 Å². The highest BCUT2D eigenvalue weighted by Gasteiger charge is 2.30. The van der Waals surface area contributed by atoms with Crippen LogP contribution in [0.25, 0.3) is 0 Å². The van der Waals surface area contributed by atoms with Crippen LogP contribution >= 0.6 is 11.8 Å². The number of carbonyl (C=O) groups is 2. The van der Waals surface area contributed by atoms with Crippen LogP contribution in [0, 0.1) is 0 Å². The van der Waals surface area contributed by atoms with Gasteiger partial charge in [0.25, 0.3) is 0 Å². The Labute approximate surface area is 140 Å². The van der Waals surface area contributed by atoms with E-state index in [0.29, 0.717) is 10.6 Å². The third kappa shape index (κ3) is 6.45. The van der Waals surface area contributed by atoms with Crippen molar-refractivity contribution in [3.8, 4) is 0 Å². The number of ether oxygens (including phenoxy) is 2. The monoisotopic (exact) mass is 342 g/mol. The molecule has 7 nitrogen and oxygen atoms in total. The molecule has 0 aliphatic rings. The third-order valence-corrected chi connectivity index (χ3v) is 3.24. The van der Waals surface area contributed by atoms with Crippen LogP contribution in [0.15, 0.2) is 23.4 Å². The summed E-state index contributed by atoms with van der Waals surface area (Å²) in [5.74, 6) is -1.70. The first-order chi connectivity index (χ1) is 10.6. The van der Waals surface area contributed by atoms with Gasteiger partial charge in [-0.3, -0.25) is 0 Å². The first-order valence-corrected chi connectivity index (χ1v) is 8.28. The average molecular weight is 342 g/mol. The van der Waals surface area contributed by atoms with Crippen LogP contribution in [0.2, 0.25) is 0 Å². The predicted molar refractivity (Wildman–Crippen MR) is 86.0 cm³/mol. The smallest absolute Gasteiger partial charge is 0.422 e. The van der Waals surface area contributed by atoms with E-state index in [2.05, 4.69) is 4.98 Å². The lowest BCUT2D eigenvalue weighted by Gasteiger charge is -2.25. The number of rotatable bonds is 5. The van der Waals surface area contributed by atoms with Gasteiger partial charge in [-0.25, -0.2) is 19.5 Å². The third-order valence-electron chi connectivity index (χ3n) is 2.49. The van der Waals surface area contributed by atoms with Gasteiger partial charge in [-0.2, -0.15) is 0 Å². The van der Waals surface area contributed by atoms with Crippen molar-refractivity contribution >= 4 is 23.9 Å². The van der Waals surface area contributed by atoms with E-state index in [1.54, 1.807) is 32.2 Å². The normalized spacial score (nSPS) is 11.3. The number of thioether (sulfide) groups is 1. The van der Waals surface area contributed by atoms with Crippen molar-refractivity contribution in [3.05, 3.63) is 23.9 Å². The number of aliphatic hydroxyl groups is 1. The van der Waals surface area contributed by atoms with Gasteiger partial charge in [0.2, 0.25) is 5.79 Å². The first kappa shape index (κ1) is 19.2. The van der Waals surface area contributed by atoms with E-state index in [4.69, 9.17) is 9.47 Å². The minimum absolute atomic E-state index is 0.0650. The Balaban J connectivity index is 3.03. The molecule has 128 valence electrons. The molecule has 0 bridgehead atoms. The summed E-state index contributed by atoms with van der Waals surface area (Å²) in [6.45, 7) is 5.89. The number of amides is 2. The van der Waals surface area contributed by atoms with Crippen LogP contribution < -0.4 is 0 Å². The number of pyridine rings is 1. The molecule has 0 atom stereocenters. The van der Waals surface area contributed by atoms with E-state index in [-0.39, 0.29) is 6.54 Å². The zero-order valence-corrected chi connectivity index (χ0v) is 14.7. The largest absolute Gasteiger partial charge is 0.446 e. The predicted octanol–water partition coefficient (Wildman–Crippen LogP) is 3.02. The van der Waals surface area contributed by atoms with Crippen LogP contribution in [0.4, 0.5) is 9.59 Å². The SMILES string of the molecule is CSc1ncccc1CN(C(=O)OC(C)C)C(=O)OC(C)(C)O. The van der Waals surface area contributed by atoms with E-state index >= 15 is 0 Å². The molecule has 1 rings (SSSR count). The van der Waals surface area contributed by atoms with Crippen LogP contribution in [-0.4, -0.2) is 45.3 Å². The van der Waals surface area contributed by atoms with Gasteiger partial charge in [0.1, 0.15) is 5.03 Å². The fourth-order valence-corrected chi connectivity index (χ4v) is 2.20. The molecule has 0 aliphatic heterocycles. The molecule has 0 radical (unpaired) electrons. The van der Waals surface area contributed by atoms with Crippen molar-refractivity contribution in [3.63, 3.8) is 0 Å². The van der Waals surface area contributed by atoms with Gasteiger partial charge in [0.15, 0.2) is 0 Å². The molecule has 8 heteroatoms. The molecule has 0 spiro atoms. The Morgan fingerprint density at radius 1 is 1.39 bits per heavy atom. The van der Waals surface area contributed by atoms with Crippen molar-refractivity contribution < 1.29 is 24.2 Å². The Kier molecular flexibility index (Phi) is 6.83. The highest BCUT2D eigenvalue weighted by Crippen LogP contribution is 2.20. The summed E-state index contributed by atoms with van der Waals surface area (Å²) in [7, 11) is 0. The lowest BCUT2D eigenvalue weighted by atomic mass is 10.3. The summed E-state index contributed by atoms with van der Waals surface area (Å²) in [5.41, 5.74) is 0.674. The molecule has 1 heterocycles. The Morgan fingerprint density at radius 3 is 2.57 bits per heavy atom. The molecule has 0 aromatic carbocycles. The minimum Gasteiger partial charge on any atom is -0.446 e. The number of aromatic nitrogens is 1. The molecular weight excluding hydrogens is 320 g/mol. The molecule has 1 N–H and O–H groups in total. The van der Waals surface area contributed by atoms with Gasteiger partial charge in [0, 0.05) is 25.6 Å². The van der Waals surface area contributed by atoms with Crippen LogP contribution in [0.5, 0.6) is 0 Å². The zero-order chi connectivity index (χ0) is 17.6. The van der Waals surface area contributed by atoms with E-state index in [1.165, 1.54) is 25.6 Å². The lowest BCUT2D eigenvalue weighted by Crippen LogP contribution is -2.42. The van der Waals surface area contributed by atoms with Crippen LogP contribution in [0.3, 0.4) is 0 Å². The number of imide groups is 1. The number of hydrogen-bond donors (Lipinski definition) is 1. The zero-order valence-electron chi connectivity index (χ0n) is 13.9. The lowest BCUT2D eigenvalue weighted by molar-refractivity contribution is -0.138. The van der Waals surface area contributed by atoms with E-state index in [9.17, 15) is 14.7 Å². The molecule has 1 aromatic rings. The quantitative estimate of drug-likeness (QED) is 0.650. The van der Waals surface area contributed by atoms with E-state index in [0.717, 1.165) is 4.90 Å². The second-order valence-corrected chi connectivity index (χ2v) is 6.30. The van der Waals surface area contributed by atoms with Crippen LogP contribution in [0.1, 0.15) is 33.3 Å². The van der Waals surface area contributed by atoms with Crippen molar-refractivity contribution in [2.24, 2.45) is 0 Å². The fraction of sp³-hybridized carbons (Fsp3) is 0.533. The highest BCUT2D eigenvalue weighted by molar-refractivity contribution is 7.98. The Hall–Kier alpha value is -1.80. The molecule has 0 aliphatic carbocycles. The summed E-state index contributed by atoms with van der Waals surface area (Å²) in [6, 6.07) is 3.47. The molecular formula is C15H22N2O5S. The number of nitrogens with zero attached hydrogens (tertiary/aromatic N) is 2. The van der Waals surface area contributed by atoms with Gasteiger partial charge in [-0.1, -0.05) is 6.07 Å². The van der Waals surface area contributed by atoms with E-state index < -0.39 is 24.1 Å². The van der Waals surface area contributed by atoms with Gasteiger partial charge in [0.05, 0.1) is 12.6 Å². The minimum atomic E-state index is -1.70. The molecule has 0 saturated carbocycles. The molecule has 1 aromatic heterocycles. The second-order valence-electron chi connectivity index (χ2n) is 5.51. The second kappa shape index (κ2) is 8.16. The number of carbonyl (C=O) groups excluding carboxylic acids is 2. The summed E-state index contributed by atoms with van der Waals surface area (Å²) in [5, 5.41) is 10.3. The maximum atomic E-state index is 12.2. The summed E-state index contributed by atoms with van der Waals surface area (Å²) >= 11 is 1.40. The topological polar surface area (TPSA) is 89.0 Å².